The molecule has 0 aromatic heterocycles. The molecule has 25 heavy (non-hydrogen) atoms. The Morgan fingerprint density at radius 1 is 1.00 bits per heavy atom. The first kappa shape index (κ1) is 18.4. The van der Waals surface area contributed by atoms with Crippen LogP contribution in [-0.4, -0.2) is 36.5 Å². The number of rotatable bonds is 7. The zero-order valence-electron chi connectivity index (χ0n) is 14.2. The Balaban J connectivity index is 1.76. The van der Waals surface area contributed by atoms with Gasteiger partial charge in [-0.1, -0.05) is 36.4 Å². The standard InChI is InChI=1S/C19H22FN3O2/c1-15(24)23(13-11-16-7-5-6-10-18(16)20)14-12-21-19(25)22-17-8-3-2-4-9-17/h2-10H,11-14H2,1H3,(H2,21,22,25). The molecule has 0 heterocycles. The van der Waals surface area contributed by atoms with Gasteiger partial charge >= 0.3 is 6.03 Å². The second-order valence-electron chi connectivity index (χ2n) is 5.59. The number of anilines is 1. The number of carbonyl (C=O) groups excluding carboxylic acids is 2. The van der Waals surface area contributed by atoms with Crippen molar-refractivity contribution in [1.29, 1.82) is 0 Å². The van der Waals surface area contributed by atoms with Gasteiger partial charge in [-0.2, -0.15) is 0 Å². The molecule has 6 heteroatoms. The molecule has 0 saturated heterocycles. The van der Waals surface area contributed by atoms with Gasteiger partial charge in [0.15, 0.2) is 0 Å². The number of amides is 3. The van der Waals surface area contributed by atoms with Gasteiger partial charge in [0.2, 0.25) is 5.91 Å². The summed E-state index contributed by atoms with van der Waals surface area (Å²) in [5, 5.41) is 5.42. The molecule has 2 aromatic carbocycles. The van der Waals surface area contributed by atoms with Crippen LogP contribution in [0, 0.1) is 5.82 Å². The molecule has 0 aliphatic rings. The monoisotopic (exact) mass is 343 g/mol. The van der Waals surface area contributed by atoms with Crippen LogP contribution >= 0.6 is 0 Å². The van der Waals surface area contributed by atoms with E-state index in [9.17, 15) is 14.0 Å². The number of urea groups is 1. The number of para-hydroxylation sites is 1. The van der Waals surface area contributed by atoms with Crippen LogP contribution in [0.15, 0.2) is 54.6 Å². The van der Waals surface area contributed by atoms with E-state index in [0.717, 1.165) is 0 Å². The number of carbonyl (C=O) groups is 2. The highest BCUT2D eigenvalue weighted by Gasteiger charge is 2.11. The summed E-state index contributed by atoms with van der Waals surface area (Å²) in [6, 6.07) is 15.3. The van der Waals surface area contributed by atoms with Gasteiger partial charge in [-0.3, -0.25) is 4.79 Å². The lowest BCUT2D eigenvalue weighted by Gasteiger charge is -2.21. The maximum absolute atomic E-state index is 13.6. The molecular weight excluding hydrogens is 321 g/mol. The van der Waals surface area contributed by atoms with Gasteiger partial charge in [0.25, 0.3) is 0 Å². The Bertz CT molecular complexity index is 707. The molecule has 0 aliphatic carbocycles. The minimum atomic E-state index is -0.330. The minimum Gasteiger partial charge on any atom is -0.341 e. The molecule has 0 radical (unpaired) electrons. The lowest BCUT2D eigenvalue weighted by molar-refractivity contribution is -0.128. The average molecular weight is 343 g/mol. The van der Waals surface area contributed by atoms with Crippen molar-refractivity contribution in [2.75, 3.05) is 25.0 Å². The predicted molar refractivity (Wildman–Crippen MR) is 95.8 cm³/mol. The van der Waals surface area contributed by atoms with Crippen LogP contribution in [-0.2, 0) is 11.2 Å². The lowest BCUT2D eigenvalue weighted by Crippen LogP contribution is -2.39. The normalized spacial score (nSPS) is 10.2. The number of hydrogen-bond donors (Lipinski definition) is 2. The van der Waals surface area contributed by atoms with Crippen molar-refractivity contribution in [3.63, 3.8) is 0 Å². The van der Waals surface area contributed by atoms with E-state index in [0.29, 0.717) is 37.3 Å². The van der Waals surface area contributed by atoms with E-state index in [1.54, 1.807) is 35.2 Å². The fraction of sp³-hybridized carbons (Fsp3) is 0.263. The minimum absolute atomic E-state index is 0.110. The zero-order chi connectivity index (χ0) is 18.1. The second kappa shape index (κ2) is 9.42. The number of nitrogens with one attached hydrogen (secondary N) is 2. The van der Waals surface area contributed by atoms with Gasteiger partial charge in [-0.15, -0.1) is 0 Å². The van der Waals surface area contributed by atoms with Crippen molar-refractivity contribution in [3.05, 3.63) is 66.0 Å². The van der Waals surface area contributed by atoms with Crippen molar-refractivity contribution in [2.24, 2.45) is 0 Å². The van der Waals surface area contributed by atoms with E-state index in [2.05, 4.69) is 10.6 Å². The average Bonchev–Trinajstić information content (AvgIpc) is 2.59. The molecule has 0 aliphatic heterocycles. The molecule has 0 saturated carbocycles. The molecular formula is C19H22FN3O2. The molecule has 132 valence electrons. The van der Waals surface area contributed by atoms with Crippen molar-refractivity contribution in [3.8, 4) is 0 Å². The smallest absolute Gasteiger partial charge is 0.319 e. The number of hydrogen-bond acceptors (Lipinski definition) is 2. The molecule has 2 aromatic rings. The van der Waals surface area contributed by atoms with Crippen LogP contribution in [0.1, 0.15) is 12.5 Å². The third-order valence-electron chi connectivity index (χ3n) is 3.75. The zero-order valence-corrected chi connectivity index (χ0v) is 14.2. The molecule has 2 N–H and O–H groups in total. The number of benzene rings is 2. The van der Waals surface area contributed by atoms with Gasteiger partial charge in [0.1, 0.15) is 5.82 Å². The van der Waals surface area contributed by atoms with Crippen molar-refractivity contribution in [1.82, 2.24) is 10.2 Å². The number of nitrogens with zero attached hydrogens (tertiary/aromatic N) is 1. The van der Waals surface area contributed by atoms with Gasteiger partial charge in [0.05, 0.1) is 0 Å². The fourth-order valence-corrected chi connectivity index (χ4v) is 2.38. The summed E-state index contributed by atoms with van der Waals surface area (Å²) in [5.41, 5.74) is 1.27. The summed E-state index contributed by atoms with van der Waals surface area (Å²) in [7, 11) is 0. The molecule has 0 spiro atoms. The van der Waals surface area contributed by atoms with Crippen LogP contribution in [0.4, 0.5) is 14.9 Å². The predicted octanol–water partition coefficient (Wildman–Crippen LogP) is 3.04. The summed E-state index contributed by atoms with van der Waals surface area (Å²) >= 11 is 0. The van der Waals surface area contributed by atoms with Crippen molar-refractivity contribution in [2.45, 2.75) is 13.3 Å². The van der Waals surface area contributed by atoms with Gasteiger partial charge < -0.3 is 15.5 Å². The fourth-order valence-electron chi connectivity index (χ4n) is 2.38. The van der Waals surface area contributed by atoms with Crippen LogP contribution in [0.25, 0.3) is 0 Å². The first-order chi connectivity index (χ1) is 12.1. The topological polar surface area (TPSA) is 61.4 Å². The second-order valence-corrected chi connectivity index (χ2v) is 5.59. The quantitative estimate of drug-likeness (QED) is 0.812. The highest BCUT2D eigenvalue weighted by molar-refractivity contribution is 5.89. The Kier molecular flexibility index (Phi) is 6.95. The van der Waals surface area contributed by atoms with E-state index < -0.39 is 0 Å². The number of halogens is 1. The van der Waals surface area contributed by atoms with Gasteiger partial charge in [0, 0.05) is 32.2 Å². The molecule has 0 atom stereocenters. The first-order valence-corrected chi connectivity index (χ1v) is 8.15. The van der Waals surface area contributed by atoms with Crippen LogP contribution in [0.2, 0.25) is 0 Å². The molecule has 0 bridgehead atoms. The first-order valence-electron chi connectivity index (χ1n) is 8.15. The maximum Gasteiger partial charge on any atom is 0.319 e. The molecule has 0 unspecified atom stereocenters. The van der Waals surface area contributed by atoms with Crippen LogP contribution in [0.5, 0.6) is 0 Å². The van der Waals surface area contributed by atoms with E-state index >= 15 is 0 Å². The van der Waals surface area contributed by atoms with E-state index in [4.69, 9.17) is 0 Å². The van der Waals surface area contributed by atoms with Crippen molar-refractivity contribution < 1.29 is 14.0 Å². The molecule has 2 rings (SSSR count). The molecule has 0 fully saturated rings. The summed E-state index contributed by atoms with van der Waals surface area (Å²) in [5.74, 6) is -0.382. The Hall–Kier alpha value is -2.89. The van der Waals surface area contributed by atoms with E-state index in [1.807, 2.05) is 18.2 Å². The Morgan fingerprint density at radius 3 is 2.36 bits per heavy atom. The van der Waals surface area contributed by atoms with Crippen molar-refractivity contribution >= 4 is 17.6 Å². The largest absolute Gasteiger partial charge is 0.341 e. The summed E-state index contributed by atoms with van der Waals surface area (Å²) in [4.78, 5) is 25.1. The molecule has 3 amide bonds. The van der Waals surface area contributed by atoms with Gasteiger partial charge in [-0.25, -0.2) is 9.18 Å². The highest BCUT2D eigenvalue weighted by atomic mass is 19.1. The highest BCUT2D eigenvalue weighted by Crippen LogP contribution is 2.08. The van der Waals surface area contributed by atoms with Crippen LogP contribution < -0.4 is 10.6 Å². The maximum atomic E-state index is 13.6. The molecule has 5 nitrogen and oxygen atoms in total. The van der Waals surface area contributed by atoms with E-state index in [1.165, 1.54) is 13.0 Å². The Labute approximate surface area is 146 Å². The Morgan fingerprint density at radius 2 is 1.68 bits per heavy atom. The SMILES string of the molecule is CC(=O)N(CCNC(=O)Nc1ccccc1)CCc1ccccc1F. The third kappa shape index (κ3) is 6.25. The summed E-state index contributed by atoms with van der Waals surface area (Å²) in [6.45, 7) is 2.55. The third-order valence-corrected chi connectivity index (χ3v) is 3.75. The summed E-state index contributed by atoms with van der Waals surface area (Å²) < 4.78 is 13.6. The van der Waals surface area contributed by atoms with E-state index in [-0.39, 0.29) is 17.8 Å². The van der Waals surface area contributed by atoms with Crippen LogP contribution in [0.3, 0.4) is 0 Å². The van der Waals surface area contributed by atoms with Gasteiger partial charge in [-0.05, 0) is 30.2 Å². The lowest BCUT2D eigenvalue weighted by atomic mass is 10.1. The summed E-state index contributed by atoms with van der Waals surface area (Å²) in [6.07, 6.45) is 0.433.